The van der Waals surface area contributed by atoms with Crippen LogP contribution < -0.4 is 9.44 Å². The number of aliphatic hydroxyl groups excluding tert-OH is 2. The Morgan fingerprint density at radius 2 is 1.73 bits per heavy atom. The second-order valence-corrected chi connectivity index (χ2v) is 13.7. The molecule has 236 valence electrons. The van der Waals surface area contributed by atoms with Crippen LogP contribution in [0.25, 0.3) is 33.1 Å². The van der Waals surface area contributed by atoms with Crippen molar-refractivity contribution in [2.45, 2.75) is 24.5 Å². The summed E-state index contributed by atoms with van der Waals surface area (Å²) >= 11 is 0. The molecule has 1 atom stereocenters. The summed E-state index contributed by atoms with van der Waals surface area (Å²) in [7, 11) is -7.95. The number of nitrogens with zero attached hydrogens (tertiary/aromatic N) is 2. The number of ketones is 1. The molecule has 0 aliphatic carbocycles. The maximum Gasteiger partial charge on any atom is 0.258 e. The highest BCUT2D eigenvalue weighted by molar-refractivity contribution is 7.92. The molecule has 45 heavy (non-hydrogen) atoms. The van der Waals surface area contributed by atoms with Crippen LogP contribution in [0.4, 0.5) is 14.5 Å². The number of hydrogen-bond acceptors (Lipinski definition) is 9. The summed E-state index contributed by atoms with van der Waals surface area (Å²) in [6, 6.07) is 10.6. The van der Waals surface area contributed by atoms with Crippen molar-refractivity contribution < 1.29 is 40.6 Å². The Morgan fingerprint density at radius 1 is 0.978 bits per heavy atom. The smallest absolute Gasteiger partial charge is 0.258 e. The number of benzene rings is 2. The first kappa shape index (κ1) is 32.1. The Labute approximate surface area is 256 Å². The highest BCUT2D eigenvalue weighted by atomic mass is 32.2. The van der Waals surface area contributed by atoms with E-state index >= 15 is 4.39 Å². The molecule has 3 aromatic heterocycles. The van der Waals surface area contributed by atoms with Crippen LogP contribution in [0.3, 0.4) is 0 Å². The van der Waals surface area contributed by atoms with E-state index in [0.717, 1.165) is 12.1 Å². The number of pyridine rings is 2. The van der Waals surface area contributed by atoms with Crippen LogP contribution in [-0.4, -0.2) is 72.8 Å². The molecule has 0 saturated heterocycles. The van der Waals surface area contributed by atoms with E-state index in [9.17, 15) is 31.1 Å². The molecule has 0 spiro atoms. The zero-order valence-corrected chi connectivity index (χ0v) is 25.2. The van der Waals surface area contributed by atoms with E-state index in [2.05, 4.69) is 24.4 Å². The van der Waals surface area contributed by atoms with Gasteiger partial charge in [0.1, 0.15) is 11.5 Å². The molecule has 0 aliphatic heterocycles. The molecule has 5 N–H and O–H groups in total. The lowest BCUT2D eigenvalue weighted by Gasteiger charge is -2.11. The van der Waals surface area contributed by atoms with E-state index in [1.807, 2.05) is 0 Å². The third-order valence-corrected chi connectivity index (χ3v) is 9.65. The average Bonchev–Trinajstić information content (AvgIpc) is 3.38. The molecule has 0 fully saturated rings. The first-order chi connectivity index (χ1) is 21.3. The molecule has 5 aromatic rings. The zero-order chi connectivity index (χ0) is 32.5. The van der Waals surface area contributed by atoms with E-state index in [4.69, 9.17) is 5.11 Å². The minimum Gasteiger partial charge on any atom is -0.394 e. The summed E-state index contributed by atoms with van der Waals surface area (Å²) < 4.78 is 83.5. The van der Waals surface area contributed by atoms with E-state index in [1.165, 1.54) is 36.7 Å². The van der Waals surface area contributed by atoms with E-state index in [1.54, 1.807) is 19.1 Å². The lowest BCUT2D eigenvalue weighted by atomic mass is 9.99. The molecule has 0 amide bonds. The van der Waals surface area contributed by atoms with Crippen LogP contribution in [0.1, 0.15) is 29.3 Å². The third kappa shape index (κ3) is 6.69. The van der Waals surface area contributed by atoms with Gasteiger partial charge >= 0.3 is 0 Å². The number of anilines is 1. The van der Waals surface area contributed by atoms with Gasteiger partial charge in [-0.25, -0.2) is 40.3 Å². The lowest BCUT2D eigenvalue weighted by Crippen LogP contribution is -2.34. The van der Waals surface area contributed by atoms with Gasteiger partial charge in [-0.3, -0.25) is 9.52 Å². The van der Waals surface area contributed by atoms with Crippen molar-refractivity contribution in [3.8, 4) is 11.1 Å². The number of halogens is 2. The minimum atomic E-state index is -4.05. The molecule has 1 unspecified atom stereocenters. The standard InChI is InChI=1S/C29H27F2N5O7S2/c1-2-9-44(40,41)36-24-7-5-22(30)26(27(24)31)28(39)16-3-6-23-20(10-16)21-11-18(13-33-29(21)35-23)17-4-8-25(32-12-17)45(42,43)34-14-19(38)15-37/h3-8,10-13,19,34,36-38H,2,9,14-15H2,1H3,(H,33,35). The van der Waals surface area contributed by atoms with Crippen molar-refractivity contribution in [1.29, 1.82) is 0 Å². The second-order valence-electron chi connectivity index (χ2n) is 10.1. The van der Waals surface area contributed by atoms with Gasteiger partial charge in [-0.2, -0.15) is 0 Å². The van der Waals surface area contributed by atoms with Crippen molar-refractivity contribution in [2.75, 3.05) is 23.6 Å². The Balaban J connectivity index is 1.48. The predicted molar refractivity (Wildman–Crippen MR) is 163 cm³/mol. The van der Waals surface area contributed by atoms with Crippen molar-refractivity contribution in [3.05, 3.63) is 83.7 Å². The Hall–Kier alpha value is -4.35. The number of fused-ring (bicyclic) bond motifs is 3. The number of sulfonamides is 2. The molecular weight excluding hydrogens is 632 g/mol. The Bertz CT molecular complexity index is 2140. The van der Waals surface area contributed by atoms with Crippen molar-refractivity contribution in [3.63, 3.8) is 0 Å². The highest BCUT2D eigenvalue weighted by Crippen LogP contribution is 2.31. The van der Waals surface area contributed by atoms with E-state index < -0.39 is 68.0 Å². The van der Waals surface area contributed by atoms with Gasteiger partial charge in [0.15, 0.2) is 16.6 Å². The van der Waals surface area contributed by atoms with Gasteiger partial charge in [-0.1, -0.05) is 6.92 Å². The van der Waals surface area contributed by atoms with Crippen LogP contribution in [0.2, 0.25) is 0 Å². The molecule has 3 heterocycles. The number of hydrogen-bond donors (Lipinski definition) is 5. The van der Waals surface area contributed by atoms with Gasteiger partial charge in [-0.15, -0.1) is 0 Å². The molecule has 0 bridgehead atoms. The van der Waals surface area contributed by atoms with Gasteiger partial charge in [0.2, 0.25) is 10.0 Å². The van der Waals surface area contributed by atoms with Crippen molar-refractivity contribution in [2.24, 2.45) is 0 Å². The normalized spacial score (nSPS) is 12.9. The fraction of sp³-hybridized carbons (Fsp3) is 0.207. The van der Waals surface area contributed by atoms with Gasteiger partial charge in [0, 0.05) is 51.9 Å². The molecule has 0 aliphatic rings. The van der Waals surface area contributed by atoms with Crippen LogP contribution in [0.15, 0.2) is 66.0 Å². The zero-order valence-electron chi connectivity index (χ0n) is 23.6. The first-order valence-electron chi connectivity index (χ1n) is 13.5. The van der Waals surface area contributed by atoms with E-state index in [0.29, 0.717) is 33.1 Å². The number of aromatic amines is 1. The first-order valence-corrected chi connectivity index (χ1v) is 16.7. The molecular formula is C29H27F2N5O7S2. The molecule has 0 radical (unpaired) electrons. The average molecular weight is 660 g/mol. The summed E-state index contributed by atoms with van der Waals surface area (Å²) in [5, 5.41) is 19.1. The number of nitrogens with one attached hydrogen (secondary N) is 3. The molecule has 16 heteroatoms. The largest absolute Gasteiger partial charge is 0.394 e. The number of aromatic nitrogens is 3. The maximum absolute atomic E-state index is 15.3. The summed E-state index contributed by atoms with van der Waals surface area (Å²) in [6.07, 6.45) is 1.85. The number of H-pyrrole nitrogens is 1. The molecule has 2 aromatic carbocycles. The number of carbonyl (C=O) groups is 1. The van der Waals surface area contributed by atoms with Gasteiger partial charge in [0.25, 0.3) is 10.0 Å². The van der Waals surface area contributed by atoms with Gasteiger partial charge < -0.3 is 15.2 Å². The molecule has 5 rings (SSSR count). The third-order valence-electron chi connectivity index (χ3n) is 6.83. The lowest BCUT2D eigenvalue weighted by molar-refractivity contribution is 0.0988. The number of aliphatic hydroxyl groups is 2. The monoisotopic (exact) mass is 659 g/mol. The number of carbonyl (C=O) groups excluding carboxylic acids is 1. The molecule has 0 saturated carbocycles. The van der Waals surface area contributed by atoms with Crippen LogP contribution in [-0.2, 0) is 20.0 Å². The van der Waals surface area contributed by atoms with E-state index in [-0.39, 0.29) is 22.8 Å². The fourth-order valence-electron chi connectivity index (χ4n) is 4.60. The predicted octanol–water partition coefficient (Wildman–Crippen LogP) is 3.07. The van der Waals surface area contributed by atoms with Crippen molar-refractivity contribution in [1.82, 2.24) is 19.7 Å². The molecule has 12 nitrogen and oxygen atoms in total. The quantitative estimate of drug-likeness (QED) is 0.125. The topological polar surface area (TPSA) is 191 Å². The van der Waals surface area contributed by atoms with Crippen LogP contribution in [0.5, 0.6) is 0 Å². The Kier molecular flexibility index (Phi) is 8.95. The van der Waals surface area contributed by atoms with Crippen molar-refractivity contribution >= 4 is 53.5 Å². The summed E-state index contributed by atoms with van der Waals surface area (Å²) in [5.74, 6) is -3.77. The minimum absolute atomic E-state index is 0.0600. The maximum atomic E-state index is 15.3. The SMILES string of the molecule is CCCS(=O)(=O)Nc1ccc(F)c(C(=O)c2ccc3[nH]c4ncc(-c5ccc(S(=O)(=O)NCC(O)CO)nc5)cc4c3c2)c1F. The summed E-state index contributed by atoms with van der Waals surface area (Å²) in [5.41, 5.74) is 0.560. The summed E-state index contributed by atoms with van der Waals surface area (Å²) in [6.45, 7) is 0.622. The number of rotatable bonds is 12. The fourth-order valence-corrected chi connectivity index (χ4v) is 6.73. The van der Waals surface area contributed by atoms with Gasteiger partial charge in [-0.05, 0) is 55.0 Å². The second kappa shape index (κ2) is 12.6. The van der Waals surface area contributed by atoms with Gasteiger partial charge in [0.05, 0.1) is 29.7 Å². The van der Waals surface area contributed by atoms with Crippen LogP contribution >= 0.6 is 0 Å². The summed E-state index contributed by atoms with van der Waals surface area (Å²) in [4.78, 5) is 24.9. The van der Waals surface area contributed by atoms with Crippen LogP contribution in [0, 0.1) is 11.6 Å². The Morgan fingerprint density at radius 3 is 2.42 bits per heavy atom. The highest BCUT2D eigenvalue weighted by Gasteiger charge is 2.25.